The molecular formula is C7H15NO4S. The molecule has 0 saturated carbocycles. The minimum Gasteiger partial charge on any atom is -0.481 e. The Morgan fingerprint density at radius 1 is 1.46 bits per heavy atom. The van der Waals surface area contributed by atoms with Crippen molar-refractivity contribution in [3.8, 4) is 0 Å². The fourth-order valence-electron chi connectivity index (χ4n) is 0.720. The molecule has 0 aliphatic rings. The van der Waals surface area contributed by atoms with Crippen LogP contribution in [0.2, 0.25) is 0 Å². The summed E-state index contributed by atoms with van der Waals surface area (Å²) >= 11 is 0. The van der Waals surface area contributed by atoms with Crippen LogP contribution in [0.25, 0.3) is 0 Å². The number of carboxylic acid groups (broad SMARTS) is 1. The molecular weight excluding hydrogens is 194 g/mol. The maximum atomic E-state index is 11.1. The van der Waals surface area contributed by atoms with E-state index in [1.54, 1.807) is 0 Å². The predicted molar refractivity (Wildman–Crippen MR) is 49.0 cm³/mol. The van der Waals surface area contributed by atoms with E-state index in [2.05, 4.69) is 4.72 Å². The zero-order chi connectivity index (χ0) is 10.3. The molecule has 2 N–H and O–H groups in total. The molecule has 0 radical (unpaired) electrons. The molecule has 0 aromatic rings. The summed E-state index contributed by atoms with van der Waals surface area (Å²) in [6, 6.07) is 0. The summed E-state index contributed by atoms with van der Waals surface area (Å²) in [5.41, 5.74) is 0. The lowest BCUT2D eigenvalue weighted by Gasteiger charge is -2.03. The van der Waals surface area contributed by atoms with E-state index in [0.717, 1.165) is 6.42 Å². The molecule has 0 saturated heterocycles. The van der Waals surface area contributed by atoms with Gasteiger partial charge in [-0.05, 0) is 6.42 Å². The lowest BCUT2D eigenvalue weighted by Crippen LogP contribution is -2.28. The van der Waals surface area contributed by atoms with Crippen molar-refractivity contribution in [2.45, 2.75) is 26.2 Å². The van der Waals surface area contributed by atoms with E-state index >= 15 is 0 Å². The van der Waals surface area contributed by atoms with Crippen LogP contribution in [0.3, 0.4) is 0 Å². The van der Waals surface area contributed by atoms with Crippen molar-refractivity contribution in [1.82, 2.24) is 4.72 Å². The molecule has 0 bridgehead atoms. The van der Waals surface area contributed by atoms with Gasteiger partial charge in [-0.3, -0.25) is 4.79 Å². The number of carbonyl (C=O) groups is 1. The van der Waals surface area contributed by atoms with Gasteiger partial charge in [-0.1, -0.05) is 13.3 Å². The molecule has 0 aliphatic heterocycles. The quantitative estimate of drug-likeness (QED) is 0.626. The van der Waals surface area contributed by atoms with Crippen LogP contribution >= 0.6 is 0 Å². The zero-order valence-corrected chi connectivity index (χ0v) is 8.43. The normalized spacial score (nSPS) is 11.5. The van der Waals surface area contributed by atoms with Crippen molar-refractivity contribution in [1.29, 1.82) is 0 Å². The van der Waals surface area contributed by atoms with Crippen LogP contribution in [0.5, 0.6) is 0 Å². The van der Waals surface area contributed by atoms with Gasteiger partial charge in [-0.2, -0.15) is 0 Å². The predicted octanol–water partition coefficient (Wildman–Crippen LogP) is 0.181. The van der Waals surface area contributed by atoms with E-state index in [0.29, 0.717) is 6.42 Å². The second kappa shape index (κ2) is 5.93. The summed E-state index contributed by atoms with van der Waals surface area (Å²) in [5.74, 6) is -0.929. The van der Waals surface area contributed by atoms with E-state index in [1.807, 2.05) is 6.92 Å². The Balaban J connectivity index is 3.70. The van der Waals surface area contributed by atoms with Crippen molar-refractivity contribution in [3.63, 3.8) is 0 Å². The Kier molecular flexibility index (Phi) is 5.65. The maximum absolute atomic E-state index is 11.1. The van der Waals surface area contributed by atoms with Gasteiger partial charge < -0.3 is 5.11 Å². The summed E-state index contributed by atoms with van der Waals surface area (Å²) in [7, 11) is -3.25. The molecule has 0 aromatic heterocycles. The number of hydrogen-bond acceptors (Lipinski definition) is 3. The summed E-state index contributed by atoms with van der Waals surface area (Å²) < 4.78 is 24.4. The third kappa shape index (κ3) is 7.73. The van der Waals surface area contributed by atoms with Crippen molar-refractivity contribution in [3.05, 3.63) is 0 Å². The van der Waals surface area contributed by atoms with Crippen LogP contribution in [-0.4, -0.2) is 31.8 Å². The maximum Gasteiger partial charge on any atom is 0.304 e. The van der Waals surface area contributed by atoms with Crippen LogP contribution in [0.4, 0.5) is 0 Å². The molecule has 78 valence electrons. The van der Waals surface area contributed by atoms with Crippen LogP contribution in [0.1, 0.15) is 26.2 Å². The second-order valence-corrected chi connectivity index (χ2v) is 4.64. The molecule has 0 atom stereocenters. The number of rotatable bonds is 7. The Morgan fingerprint density at radius 2 is 2.08 bits per heavy atom. The first-order valence-corrected chi connectivity index (χ1v) is 5.82. The smallest absolute Gasteiger partial charge is 0.304 e. The fourth-order valence-corrected chi connectivity index (χ4v) is 1.95. The number of nitrogens with one attached hydrogen (secondary N) is 1. The van der Waals surface area contributed by atoms with Crippen molar-refractivity contribution in [2.24, 2.45) is 0 Å². The van der Waals surface area contributed by atoms with Gasteiger partial charge in [0.25, 0.3) is 0 Å². The highest BCUT2D eigenvalue weighted by Gasteiger charge is 2.08. The molecule has 5 nitrogen and oxygen atoms in total. The summed E-state index contributed by atoms with van der Waals surface area (Å²) in [5, 5.41) is 8.25. The van der Waals surface area contributed by atoms with Crippen molar-refractivity contribution in [2.75, 3.05) is 12.3 Å². The monoisotopic (exact) mass is 209 g/mol. The molecule has 0 rings (SSSR count). The first-order valence-electron chi connectivity index (χ1n) is 4.17. The van der Waals surface area contributed by atoms with Gasteiger partial charge in [0.15, 0.2) is 0 Å². The topological polar surface area (TPSA) is 83.5 Å². The lowest BCUT2D eigenvalue weighted by atomic mass is 10.4. The summed E-state index contributed by atoms with van der Waals surface area (Å²) in [6.07, 6.45) is 1.23. The van der Waals surface area contributed by atoms with Gasteiger partial charge >= 0.3 is 5.97 Å². The van der Waals surface area contributed by atoms with Crippen LogP contribution in [0.15, 0.2) is 0 Å². The SMILES string of the molecule is CCCCS(=O)(=O)NCCC(=O)O. The highest BCUT2D eigenvalue weighted by molar-refractivity contribution is 7.89. The van der Waals surface area contributed by atoms with Gasteiger partial charge in [-0.15, -0.1) is 0 Å². The van der Waals surface area contributed by atoms with Crippen molar-refractivity contribution >= 4 is 16.0 Å². The number of aliphatic carboxylic acids is 1. The van der Waals surface area contributed by atoms with Gasteiger partial charge in [0.1, 0.15) is 0 Å². The second-order valence-electron chi connectivity index (χ2n) is 2.71. The molecule has 13 heavy (non-hydrogen) atoms. The third-order valence-corrected chi connectivity index (χ3v) is 2.90. The summed E-state index contributed by atoms with van der Waals surface area (Å²) in [4.78, 5) is 10.1. The van der Waals surface area contributed by atoms with Crippen molar-refractivity contribution < 1.29 is 18.3 Å². The molecule has 0 unspecified atom stereocenters. The Bertz CT molecular complexity index is 247. The Hall–Kier alpha value is -0.620. The third-order valence-electron chi connectivity index (χ3n) is 1.43. The highest BCUT2D eigenvalue weighted by atomic mass is 32.2. The molecule has 0 spiro atoms. The summed E-state index contributed by atoms with van der Waals surface area (Å²) in [6.45, 7) is 1.87. The average Bonchev–Trinajstić information content (AvgIpc) is 2.00. The Morgan fingerprint density at radius 3 is 2.54 bits per heavy atom. The largest absolute Gasteiger partial charge is 0.481 e. The molecule has 0 amide bonds. The Labute approximate surface area is 78.2 Å². The molecule has 0 aliphatic carbocycles. The molecule has 0 fully saturated rings. The molecule has 6 heteroatoms. The van der Waals surface area contributed by atoms with E-state index in [4.69, 9.17) is 5.11 Å². The first kappa shape index (κ1) is 12.4. The fraction of sp³-hybridized carbons (Fsp3) is 0.857. The first-order chi connectivity index (χ1) is 5.98. The lowest BCUT2D eigenvalue weighted by molar-refractivity contribution is -0.136. The van der Waals surface area contributed by atoms with Gasteiger partial charge in [0.05, 0.1) is 12.2 Å². The van der Waals surface area contributed by atoms with E-state index < -0.39 is 16.0 Å². The van der Waals surface area contributed by atoms with Gasteiger partial charge in [0.2, 0.25) is 10.0 Å². The standard InChI is InChI=1S/C7H15NO4S/c1-2-3-6-13(11,12)8-5-4-7(9)10/h8H,2-6H2,1H3,(H,9,10). The minimum atomic E-state index is -3.25. The van der Waals surface area contributed by atoms with Crippen LogP contribution < -0.4 is 4.72 Å². The number of hydrogen-bond donors (Lipinski definition) is 2. The van der Waals surface area contributed by atoms with Crippen LogP contribution in [-0.2, 0) is 14.8 Å². The molecule has 0 heterocycles. The molecule has 0 aromatic carbocycles. The van der Waals surface area contributed by atoms with E-state index in [9.17, 15) is 13.2 Å². The van der Waals surface area contributed by atoms with Crippen LogP contribution in [0, 0.1) is 0 Å². The van der Waals surface area contributed by atoms with Gasteiger partial charge in [0, 0.05) is 6.54 Å². The number of unbranched alkanes of at least 4 members (excludes halogenated alkanes) is 1. The highest BCUT2D eigenvalue weighted by Crippen LogP contribution is 1.93. The number of carboxylic acids is 1. The van der Waals surface area contributed by atoms with E-state index in [-0.39, 0.29) is 18.7 Å². The number of sulfonamides is 1. The van der Waals surface area contributed by atoms with Gasteiger partial charge in [-0.25, -0.2) is 13.1 Å². The average molecular weight is 209 g/mol. The zero-order valence-electron chi connectivity index (χ0n) is 7.62. The van der Waals surface area contributed by atoms with E-state index in [1.165, 1.54) is 0 Å². The minimum absolute atomic E-state index is 0.0264.